The van der Waals surface area contributed by atoms with Crippen LogP contribution in [0.3, 0.4) is 0 Å². The van der Waals surface area contributed by atoms with Crippen LogP contribution in [0.4, 0.5) is 13.2 Å². The molecule has 0 spiro atoms. The standard InChI is InChI=1S/C8H12F3NO2/c1-4(2)5(3-8(9,10)11)6(13)7(12)14/h4-5H,3H2,1-2H3,(H2,12,14). The summed E-state index contributed by atoms with van der Waals surface area (Å²) in [6.07, 6.45) is -5.76. The molecule has 82 valence electrons. The second-order valence-electron chi connectivity index (χ2n) is 3.40. The molecule has 0 rings (SSSR count). The van der Waals surface area contributed by atoms with Gasteiger partial charge < -0.3 is 5.73 Å². The number of amides is 1. The third-order valence-electron chi connectivity index (χ3n) is 1.84. The normalized spacial score (nSPS) is 14.1. The quantitative estimate of drug-likeness (QED) is 0.711. The van der Waals surface area contributed by atoms with Crippen molar-refractivity contribution in [1.29, 1.82) is 0 Å². The minimum Gasteiger partial charge on any atom is -0.363 e. The number of hydrogen-bond acceptors (Lipinski definition) is 2. The third kappa shape index (κ3) is 4.25. The zero-order valence-corrected chi connectivity index (χ0v) is 7.89. The van der Waals surface area contributed by atoms with Crippen molar-refractivity contribution in [3.8, 4) is 0 Å². The van der Waals surface area contributed by atoms with Crippen LogP contribution >= 0.6 is 0 Å². The lowest BCUT2D eigenvalue weighted by atomic mass is 9.88. The van der Waals surface area contributed by atoms with Crippen LogP contribution in [0.2, 0.25) is 0 Å². The SMILES string of the molecule is CC(C)C(CC(F)(F)F)C(=O)C(N)=O. The maximum atomic E-state index is 12.0. The van der Waals surface area contributed by atoms with Gasteiger partial charge >= 0.3 is 6.18 Å². The van der Waals surface area contributed by atoms with Crippen molar-refractivity contribution in [2.75, 3.05) is 0 Å². The first-order chi connectivity index (χ1) is 6.15. The highest BCUT2D eigenvalue weighted by molar-refractivity contribution is 6.36. The van der Waals surface area contributed by atoms with Crippen molar-refractivity contribution in [3.63, 3.8) is 0 Å². The summed E-state index contributed by atoms with van der Waals surface area (Å²) in [4.78, 5) is 21.4. The van der Waals surface area contributed by atoms with Crippen LogP contribution in [0, 0.1) is 11.8 Å². The molecule has 1 atom stereocenters. The molecule has 0 bridgehead atoms. The van der Waals surface area contributed by atoms with E-state index in [1.807, 2.05) is 0 Å². The molecule has 0 aliphatic rings. The molecule has 0 aliphatic heterocycles. The fourth-order valence-corrected chi connectivity index (χ4v) is 1.06. The van der Waals surface area contributed by atoms with Crippen LogP contribution in [0.5, 0.6) is 0 Å². The molecule has 0 aromatic heterocycles. The molecule has 0 fully saturated rings. The van der Waals surface area contributed by atoms with E-state index in [1.165, 1.54) is 13.8 Å². The van der Waals surface area contributed by atoms with Gasteiger partial charge in [0, 0.05) is 5.92 Å². The first-order valence-electron chi connectivity index (χ1n) is 4.05. The van der Waals surface area contributed by atoms with E-state index in [0.717, 1.165) is 0 Å². The zero-order valence-electron chi connectivity index (χ0n) is 7.89. The molecule has 0 radical (unpaired) electrons. The molecular weight excluding hydrogens is 199 g/mol. The smallest absolute Gasteiger partial charge is 0.363 e. The van der Waals surface area contributed by atoms with Gasteiger partial charge in [-0.25, -0.2) is 0 Å². The summed E-state index contributed by atoms with van der Waals surface area (Å²) < 4.78 is 36.0. The van der Waals surface area contributed by atoms with E-state index in [0.29, 0.717) is 0 Å². The van der Waals surface area contributed by atoms with E-state index in [-0.39, 0.29) is 0 Å². The second kappa shape index (κ2) is 4.43. The minimum absolute atomic E-state index is 0.559. The van der Waals surface area contributed by atoms with Gasteiger partial charge in [-0.2, -0.15) is 13.2 Å². The molecule has 0 aromatic rings. The molecule has 0 saturated carbocycles. The topological polar surface area (TPSA) is 60.2 Å². The van der Waals surface area contributed by atoms with E-state index in [1.54, 1.807) is 0 Å². The van der Waals surface area contributed by atoms with Gasteiger partial charge in [-0.1, -0.05) is 13.8 Å². The van der Waals surface area contributed by atoms with Crippen molar-refractivity contribution in [2.24, 2.45) is 17.6 Å². The maximum absolute atomic E-state index is 12.0. The van der Waals surface area contributed by atoms with Crippen LogP contribution in [0.15, 0.2) is 0 Å². The maximum Gasteiger partial charge on any atom is 0.389 e. The van der Waals surface area contributed by atoms with Gasteiger partial charge in [0.2, 0.25) is 5.78 Å². The average molecular weight is 211 g/mol. The molecule has 0 saturated heterocycles. The number of halogens is 3. The van der Waals surface area contributed by atoms with E-state index in [2.05, 4.69) is 5.73 Å². The summed E-state index contributed by atoms with van der Waals surface area (Å²) in [5.74, 6) is -4.39. The molecule has 14 heavy (non-hydrogen) atoms. The minimum atomic E-state index is -4.46. The number of nitrogens with two attached hydrogens (primary N) is 1. The second-order valence-corrected chi connectivity index (χ2v) is 3.40. The first kappa shape index (κ1) is 12.9. The number of primary amides is 1. The Balaban J connectivity index is 4.62. The Morgan fingerprint density at radius 2 is 1.71 bits per heavy atom. The summed E-state index contributed by atoms with van der Waals surface area (Å²) in [7, 11) is 0. The highest BCUT2D eigenvalue weighted by atomic mass is 19.4. The lowest BCUT2D eigenvalue weighted by Gasteiger charge is -2.19. The lowest BCUT2D eigenvalue weighted by molar-refractivity contribution is -0.158. The Labute approximate surface area is 79.5 Å². The van der Waals surface area contributed by atoms with Gasteiger partial charge in [0.05, 0.1) is 6.42 Å². The Morgan fingerprint density at radius 3 is 1.93 bits per heavy atom. The van der Waals surface area contributed by atoms with Crippen molar-refractivity contribution >= 4 is 11.7 Å². The fraction of sp³-hybridized carbons (Fsp3) is 0.750. The van der Waals surface area contributed by atoms with E-state index >= 15 is 0 Å². The van der Waals surface area contributed by atoms with E-state index in [4.69, 9.17) is 0 Å². The van der Waals surface area contributed by atoms with Crippen molar-refractivity contribution in [1.82, 2.24) is 0 Å². The largest absolute Gasteiger partial charge is 0.389 e. The van der Waals surface area contributed by atoms with Gasteiger partial charge in [0.25, 0.3) is 5.91 Å². The summed E-state index contributed by atoms with van der Waals surface area (Å²) in [5.41, 5.74) is 4.64. The zero-order chi connectivity index (χ0) is 11.5. The Morgan fingerprint density at radius 1 is 1.29 bits per heavy atom. The predicted octanol–water partition coefficient (Wildman–Crippen LogP) is 1.27. The van der Waals surface area contributed by atoms with Gasteiger partial charge in [-0.05, 0) is 5.92 Å². The molecule has 6 heteroatoms. The highest BCUT2D eigenvalue weighted by Crippen LogP contribution is 2.29. The predicted molar refractivity (Wildman–Crippen MR) is 43.2 cm³/mol. The molecule has 1 unspecified atom stereocenters. The monoisotopic (exact) mass is 211 g/mol. The van der Waals surface area contributed by atoms with Crippen LogP contribution in [0.25, 0.3) is 0 Å². The van der Waals surface area contributed by atoms with Gasteiger partial charge in [0.15, 0.2) is 0 Å². The lowest BCUT2D eigenvalue weighted by Crippen LogP contribution is -2.35. The van der Waals surface area contributed by atoms with Crippen molar-refractivity contribution in [2.45, 2.75) is 26.4 Å². The third-order valence-corrected chi connectivity index (χ3v) is 1.84. The number of hydrogen-bond donors (Lipinski definition) is 1. The van der Waals surface area contributed by atoms with Crippen LogP contribution in [-0.4, -0.2) is 17.9 Å². The van der Waals surface area contributed by atoms with Crippen LogP contribution in [-0.2, 0) is 9.59 Å². The molecule has 0 aromatic carbocycles. The Hall–Kier alpha value is -1.07. The molecular formula is C8H12F3NO2. The van der Waals surface area contributed by atoms with E-state index in [9.17, 15) is 22.8 Å². The number of rotatable bonds is 4. The van der Waals surface area contributed by atoms with Crippen LogP contribution < -0.4 is 5.73 Å². The van der Waals surface area contributed by atoms with Crippen molar-refractivity contribution in [3.05, 3.63) is 0 Å². The highest BCUT2D eigenvalue weighted by Gasteiger charge is 2.38. The van der Waals surface area contributed by atoms with Crippen LogP contribution in [0.1, 0.15) is 20.3 Å². The molecule has 0 heterocycles. The van der Waals surface area contributed by atoms with Gasteiger partial charge in [-0.3, -0.25) is 9.59 Å². The first-order valence-corrected chi connectivity index (χ1v) is 4.05. The molecule has 0 aliphatic carbocycles. The number of ketones is 1. The van der Waals surface area contributed by atoms with Crippen molar-refractivity contribution < 1.29 is 22.8 Å². The summed E-state index contributed by atoms with van der Waals surface area (Å²) in [5, 5.41) is 0. The average Bonchev–Trinajstić information content (AvgIpc) is 1.96. The van der Waals surface area contributed by atoms with Gasteiger partial charge in [-0.15, -0.1) is 0 Å². The molecule has 1 amide bonds. The number of carbonyl (C=O) groups is 2. The Kier molecular flexibility index (Phi) is 4.09. The fourth-order valence-electron chi connectivity index (χ4n) is 1.06. The summed E-state index contributed by atoms with van der Waals surface area (Å²) in [6, 6.07) is 0. The number of alkyl halides is 3. The molecule has 2 N–H and O–H groups in total. The van der Waals surface area contributed by atoms with Gasteiger partial charge in [0.1, 0.15) is 0 Å². The number of carbonyl (C=O) groups excluding carboxylic acids is 2. The summed E-state index contributed by atoms with van der Waals surface area (Å²) >= 11 is 0. The Bertz CT molecular complexity index is 235. The number of Topliss-reactive ketones (excluding diaryl/α,β-unsaturated/α-hetero) is 1. The van der Waals surface area contributed by atoms with E-state index < -0.39 is 36.1 Å². The molecule has 3 nitrogen and oxygen atoms in total. The summed E-state index contributed by atoms with van der Waals surface area (Å²) in [6.45, 7) is 2.88.